The fourth-order valence-electron chi connectivity index (χ4n) is 5.70. The number of benzene rings is 3. The highest BCUT2D eigenvalue weighted by molar-refractivity contribution is 6.01. The molecule has 1 amide bonds. The number of para-hydroxylation sites is 1. The minimum Gasteiger partial charge on any atom is -0.490 e. The largest absolute Gasteiger partial charge is 0.490 e. The lowest BCUT2D eigenvalue weighted by Crippen LogP contribution is -2.23. The predicted molar refractivity (Wildman–Crippen MR) is 144 cm³/mol. The van der Waals surface area contributed by atoms with Crippen molar-refractivity contribution in [1.29, 1.82) is 0 Å². The Balaban J connectivity index is 1.07. The number of nitrogens with zero attached hydrogens (tertiary/aromatic N) is 1. The molecule has 1 aromatic heterocycles. The zero-order valence-corrected chi connectivity index (χ0v) is 20.8. The molecule has 192 valence electrons. The molecule has 0 aliphatic heterocycles. The molecule has 2 N–H and O–H groups in total. The number of aromatic nitrogens is 1. The molecule has 0 radical (unpaired) electrons. The van der Waals surface area contributed by atoms with E-state index < -0.39 is 5.97 Å². The number of rotatable bonds is 8. The molecule has 3 atom stereocenters. The van der Waals surface area contributed by atoms with Crippen LogP contribution in [-0.4, -0.2) is 28.1 Å². The molecular weight excluding hydrogens is 480 g/mol. The molecule has 6 rings (SSSR count). The van der Waals surface area contributed by atoms with Gasteiger partial charge in [-0.25, -0.2) is 9.78 Å². The van der Waals surface area contributed by atoms with Gasteiger partial charge >= 0.3 is 5.97 Å². The summed E-state index contributed by atoms with van der Waals surface area (Å²) in [5.41, 5.74) is 0.991. The number of anilines is 1. The van der Waals surface area contributed by atoms with E-state index in [4.69, 9.17) is 9.47 Å². The monoisotopic (exact) mass is 508 g/mol. The molecule has 2 aliphatic rings. The number of carboxylic acids is 1. The van der Waals surface area contributed by atoms with E-state index >= 15 is 0 Å². The van der Waals surface area contributed by atoms with E-state index in [1.807, 2.05) is 24.3 Å². The Hall–Kier alpha value is -4.39. The number of ether oxygens (including phenoxy) is 2. The fourth-order valence-corrected chi connectivity index (χ4v) is 5.70. The maximum Gasteiger partial charge on any atom is 0.337 e. The van der Waals surface area contributed by atoms with Gasteiger partial charge in [0, 0.05) is 12.3 Å². The Morgan fingerprint density at radius 3 is 2.42 bits per heavy atom. The highest BCUT2D eigenvalue weighted by Crippen LogP contribution is 2.46. The molecule has 2 fully saturated rings. The predicted octanol–water partition coefficient (Wildman–Crippen LogP) is 6.47. The zero-order chi connectivity index (χ0) is 26.1. The number of amides is 1. The molecular formula is C31H28N2O5. The van der Waals surface area contributed by atoms with Crippen molar-refractivity contribution < 1.29 is 24.2 Å². The van der Waals surface area contributed by atoms with Gasteiger partial charge in [-0.15, -0.1) is 0 Å². The van der Waals surface area contributed by atoms with Gasteiger partial charge in [-0.1, -0.05) is 30.3 Å². The maximum absolute atomic E-state index is 12.4. The summed E-state index contributed by atoms with van der Waals surface area (Å²) in [4.78, 5) is 28.1. The first kappa shape index (κ1) is 24.0. The van der Waals surface area contributed by atoms with Crippen LogP contribution in [0, 0.1) is 11.8 Å². The second-order valence-corrected chi connectivity index (χ2v) is 10.2. The maximum atomic E-state index is 12.4. The lowest BCUT2D eigenvalue weighted by atomic mass is 9.97. The van der Waals surface area contributed by atoms with Crippen LogP contribution in [0.1, 0.15) is 41.6 Å². The third kappa shape index (κ3) is 5.18. The van der Waals surface area contributed by atoms with Crippen LogP contribution in [-0.2, 0) is 11.2 Å². The minimum absolute atomic E-state index is 0.0440. The van der Waals surface area contributed by atoms with Gasteiger partial charge in [0.2, 0.25) is 11.8 Å². The molecule has 3 aromatic carbocycles. The van der Waals surface area contributed by atoms with E-state index in [2.05, 4.69) is 22.4 Å². The van der Waals surface area contributed by atoms with Crippen LogP contribution in [0.2, 0.25) is 0 Å². The molecule has 1 heterocycles. The topological polar surface area (TPSA) is 97.8 Å². The van der Waals surface area contributed by atoms with Gasteiger partial charge in [-0.05, 0) is 90.3 Å². The lowest BCUT2D eigenvalue weighted by Gasteiger charge is -2.23. The summed E-state index contributed by atoms with van der Waals surface area (Å²) >= 11 is 0. The Morgan fingerprint density at radius 1 is 0.921 bits per heavy atom. The Kier molecular flexibility index (Phi) is 6.42. The first-order valence-electron chi connectivity index (χ1n) is 13.0. The summed E-state index contributed by atoms with van der Waals surface area (Å²) in [6, 6.07) is 21.9. The Bertz CT molecular complexity index is 1500. The quantitative estimate of drug-likeness (QED) is 0.283. The van der Waals surface area contributed by atoms with Gasteiger partial charge in [0.25, 0.3) is 0 Å². The second-order valence-electron chi connectivity index (χ2n) is 10.2. The second kappa shape index (κ2) is 10.2. The van der Waals surface area contributed by atoms with E-state index in [9.17, 15) is 14.7 Å². The third-order valence-corrected chi connectivity index (χ3v) is 7.56. The molecule has 2 saturated carbocycles. The number of aromatic carboxylic acids is 1. The van der Waals surface area contributed by atoms with Crippen LogP contribution in [0.4, 0.5) is 5.69 Å². The summed E-state index contributed by atoms with van der Waals surface area (Å²) in [7, 11) is 0. The number of hydrogen-bond acceptors (Lipinski definition) is 5. The highest BCUT2D eigenvalue weighted by atomic mass is 16.5. The average Bonchev–Trinajstić information content (AvgIpc) is 3.54. The first-order valence-corrected chi connectivity index (χ1v) is 13.0. The van der Waals surface area contributed by atoms with E-state index in [-0.39, 0.29) is 23.6 Å². The van der Waals surface area contributed by atoms with Gasteiger partial charge in [0.15, 0.2) is 0 Å². The third-order valence-electron chi connectivity index (χ3n) is 7.56. The molecule has 4 aromatic rings. The van der Waals surface area contributed by atoms with Crippen molar-refractivity contribution in [3.8, 4) is 17.4 Å². The van der Waals surface area contributed by atoms with E-state index in [0.717, 1.165) is 22.4 Å². The average molecular weight is 509 g/mol. The lowest BCUT2D eigenvalue weighted by molar-refractivity contribution is -0.115. The number of hydrogen-bond donors (Lipinski definition) is 2. The highest BCUT2D eigenvalue weighted by Gasteiger charge is 2.40. The molecule has 0 saturated heterocycles. The molecule has 7 nitrogen and oxygen atoms in total. The van der Waals surface area contributed by atoms with Crippen molar-refractivity contribution in [2.45, 2.75) is 38.2 Å². The molecule has 38 heavy (non-hydrogen) atoms. The molecule has 2 aliphatic carbocycles. The van der Waals surface area contributed by atoms with Crippen LogP contribution in [0.25, 0.3) is 10.8 Å². The minimum atomic E-state index is -1.10. The van der Waals surface area contributed by atoms with Crippen LogP contribution in [0.15, 0.2) is 79.0 Å². The SMILES string of the molecule is O=C(Cc1ccc(Oc2ccc3cc(OC4CC5CCC4C5)ccc3c2)nc1)Nc1ccccc1C(=O)O. The molecule has 0 spiro atoms. The Morgan fingerprint density at radius 2 is 1.71 bits per heavy atom. The fraction of sp³-hybridized carbons (Fsp3) is 0.258. The van der Waals surface area contributed by atoms with Gasteiger partial charge in [-0.2, -0.15) is 0 Å². The van der Waals surface area contributed by atoms with E-state index in [1.54, 1.807) is 36.5 Å². The number of carboxylic acid groups (broad SMARTS) is 1. The molecule has 7 heteroatoms. The van der Waals surface area contributed by atoms with E-state index in [0.29, 0.717) is 29.2 Å². The van der Waals surface area contributed by atoms with Crippen LogP contribution in [0.5, 0.6) is 17.4 Å². The van der Waals surface area contributed by atoms with Crippen molar-refractivity contribution in [3.05, 3.63) is 90.1 Å². The summed E-state index contributed by atoms with van der Waals surface area (Å²) in [6.07, 6.45) is 7.17. The summed E-state index contributed by atoms with van der Waals surface area (Å²) in [6.45, 7) is 0. The van der Waals surface area contributed by atoms with Crippen molar-refractivity contribution in [2.24, 2.45) is 11.8 Å². The number of carbonyl (C=O) groups is 2. The van der Waals surface area contributed by atoms with E-state index in [1.165, 1.54) is 31.7 Å². The summed E-state index contributed by atoms with van der Waals surface area (Å²) < 4.78 is 12.3. The first-order chi connectivity index (χ1) is 18.5. The van der Waals surface area contributed by atoms with Crippen molar-refractivity contribution >= 4 is 28.3 Å². The normalized spacial score (nSPS) is 19.8. The number of nitrogens with one attached hydrogen (secondary N) is 1. The van der Waals surface area contributed by atoms with Gasteiger partial charge in [-0.3, -0.25) is 4.79 Å². The van der Waals surface area contributed by atoms with Crippen molar-refractivity contribution in [3.63, 3.8) is 0 Å². The number of pyridine rings is 1. The van der Waals surface area contributed by atoms with Crippen LogP contribution in [0.3, 0.4) is 0 Å². The standard InChI is InChI=1S/C31H28N2O5/c34-29(33-27-4-2-1-3-26(27)31(35)36)15-20-6-12-30(32-18-20)38-25-11-9-21-16-24(10-8-22(21)17-25)37-28-14-19-5-7-23(28)13-19/h1-4,6,8-12,16-19,23,28H,5,7,13-15H2,(H,33,34)(H,35,36). The summed E-state index contributed by atoms with van der Waals surface area (Å²) in [5.74, 6) is 2.16. The van der Waals surface area contributed by atoms with Crippen molar-refractivity contribution in [1.82, 2.24) is 4.98 Å². The van der Waals surface area contributed by atoms with Crippen molar-refractivity contribution in [2.75, 3.05) is 5.32 Å². The molecule has 2 bridgehead atoms. The Labute approximate surface area is 220 Å². The summed E-state index contributed by atoms with van der Waals surface area (Å²) in [5, 5.41) is 14.1. The van der Waals surface area contributed by atoms with Crippen LogP contribution < -0.4 is 14.8 Å². The van der Waals surface area contributed by atoms with Gasteiger partial charge in [0.05, 0.1) is 17.7 Å². The molecule has 3 unspecified atom stereocenters. The van der Waals surface area contributed by atoms with Gasteiger partial charge in [0.1, 0.15) is 17.6 Å². The number of fused-ring (bicyclic) bond motifs is 3. The van der Waals surface area contributed by atoms with Gasteiger partial charge < -0.3 is 19.9 Å². The zero-order valence-electron chi connectivity index (χ0n) is 20.8. The van der Waals surface area contributed by atoms with Crippen LogP contribution >= 0.6 is 0 Å². The smallest absolute Gasteiger partial charge is 0.337 e. The number of carbonyl (C=O) groups excluding carboxylic acids is 1.